The predicted molar refractivity (Wildman–Crippen MR) is 38.7 cm³/mol. The first-order valence-corrected chi connectivity index (χ1v) is 3.84. The highest BCUT2D eigenvalue weighted by Gasteiger charge is 2.19. The Balaban J connectivity index is 2.24. The third kappa shape index (κ3) is 1.94. The van der Waals surface area contributed by atoms with Gasteiger partial charge in [0.2, 0.25) is 0 Å². The number of aliphatic hydroxyl groups is 2. The molecule has 10 heavy (non-hydrogen) atoms. The lowest BCUT2D eigenvalue weighted by molar-refractivity contribution is 0.0377. The van der Waals surface area contributed by atoms with Crippen molar-refractivity contribution in [2.24, 2.45) is 5.92 Å². The fourth-order valence-corrected chi connectivity index (χ4v) is 1.36. The number of piperidine rings is 1. The van der Waals surface area contributed by atoms with E-state index >= 15 is 0 Å². The summed E-state index contributed by atoms with van der Waals surface area (Å²) in [6, 6.07) is 0. The number of nitrogens with one attached hydrogen (secondary N) is 1. The Labute approximate surface area is 61.1 Å². The molecule has 0 amide bonds. The Hall–Kier alpha value is -0.120. The Kier molecular flexibility index (Phi) is 3.12. The number of rotatable bonds is 2. The van der Waals surface area contributed by atoms with Crippen LogP contribution in [-0.2, 0) is 0 Å². The van der Waals surface area contributed by atoms with Crippen LogP contribution < -0.4 is 5.32 Å². The topological polar surface area (TPSA) is 52.5 Å². The predicted octanol–water partition coefficient (Wildman–Crippen LogP) is -0.661. The minimum atomic E-state index is -0.521. The summed E-state index contributed by atoms with van der Waals surface area (Å²) in [7, 11) is 0. The molecule has 0 saturated carbocycles. The van der Waals surface area contributed by atoms with Crippen LogP contribution in [0.5, 0.6) is 0 Å². The van der Waals surface area contributed by atoms with E-state index < -0.39 is 6.10 Å². The molecule has 0 aliphatic carbocycles. The molecule has 1 heterocycles. The zero-order chi connectivity index (χ0) is 7.40. The molecule has 0 spiro atoms. The maximum absolute atomic E-state index is 9.19. The summed E-state index contributed by atoms with van der Waals surface area (Å²) >= 11 is 0. The van der Waals surface area contributed by atoms with E-state index in [0.29, 0.717) is 0 Å². The van der Waals surface area contributed by atoms with Gasteiger partial charge in [0, 0.05) is 6.54 Å². The maximum Gasteiger partial charge on any atom is 0.0811 e. The molecular weight excluding hydrogens is 130 g/mol. The number of hydrogen-bond donors (Lipinski definition) is 3. The van der Waals surface area contributed by atoms with Crippen molar-refractivity contribution in [1.82, 2.24) is 5.32 Å². The van der Waals surface area contributed by atoms with Gasteiger partial charge in [-0.3, -0.25) is 0 Å². The average molecular weight is 145 g/mol. The van der Waals surface area contributed by atoms with Crippen molar-refractivity contribution in [2.75, 3.05) is 19.7 Å². The van der Waals surface area contributed by atoms with Crippen molar-refractivity contribution in [3.8, 4) is 0 Å². The van der Waals surface area contributed by atoms with Gasteiger partial charge < -0.3 is 15.5 Å². The molecule has 1 fully saturated rings. The van der Waals surface area contributed by atoms with E-state index in [1.54, 1.807) is 0 Å². The van der Waals surface area contributed by atoms with Crippen molar-refractivity contribution in [2.45, 2.75) is 18.9 Å². The van der Waals surface area contributed by atoms with Gasteiger partial charge in [-0.05, 0) is 25.3 Å². The van der Waals surface area contributed by atoms with E-state index in [4.69, 9.17) is 5.11 Å². The van der Waals surface area contributed by atoms with Crippen LogP contribution in [0, 0.1) is 5.92 Å². The molecule has 1 aliphatic heterocycles. The van der Waals surface area contributed by atoms with Crippen LogP contribution in [0.2, 0.25) is 0 Å². The third-order valence-electron chi connectivity index (χ3n) is 2.07. The molecule has 3 heteroatoms. The zero-order valence-electron chi connectivity index (χ0n) is 6.08. The van der Waals surface area contributed by atoms with Gasteiger partial charge in [0.05, 0.1) is 12.7 Å². The molecule has 60 valence electrons. The van der Waals surface area contributed by atoms with Gasteiger partial charge >= 0.3 is 0 Å². The summed E-state index contributed by atoms with van der Waals surface area (Å²) in [6.45, 7) is 1.79. The van der Waals surface area contributed by atoms with Gasteiger partial charge in [-0.1, -0.05) is 0 Å². The fraction of sp³-hybridized carbons (Fsp3) is 1.00. The summed E-state index contributed by atoms with van der Waals surface area (Å²) in [4.78, 5) is 0. The molecule has 3 nitrogen and oxygen atoms in total. The first-order chi connectivity index (χ1) is 4.84. The molecule has 0 unspecified atom stereocenters. The van der Waals surface area contributed by atoms with Crippen LogP contribution in [0.3, 0.4) is 0 Å². The van der Waals surface area contributed by atoms with Gasteiger partial charge in [0.1, 0.15) is 0 Å². The summed E-state index contributed by atoms with van der Waals surface area (Å²) in [6.07, 6.45) is 1.63. The van der Waals surface area contributed by atoms with Crippen molar-refractivity contribution >= 4 is 0 Å². The van der Waals surface area contributed by atoms with Crippen molar-refractivity contribution in [3.63, 3.8) is 0 Å². The Morgan fingerprint density at radius 3 is 2.90 bits per heavy atom. The third-order valence-corrected chi connectivity index (χ3v) is 2.07. The molecule has 0 aromatic rings. The summed E-state index contributed by atoms with van der Waals surface area (Å²) < 4.78 is 0. The lowest BCUT2D eigenvalue weighted by atomic mass is 9.94. The molecule has 0 bridgehead atoms. The highest BCUT2D eigenvalue weighted by atomic mass is 16.3. The second-order valence-electron chi connectivity index (χ2n) is 2.86. The van der Waals surface area contributed by atoms with Gasteiger partial charge in [-0.15, -0.1) is 0 Å². The first kappa shape index (κ1) is 7.98. The van der Waals surface area contributed by atoms with Crippen LogP contribution in [0.1, 0.15) is 12.8 Å². The maximum atomic E-state index is 9.19. The molecule has 2 atom stereocenters. The van der Waals surface area contributed by atoms with Crippen LogP contribution in [0.15, 0.2) is 0 Å². The van der Waals surface area contributed by atoms with Crippen LogP contribution in [0.25, 0.3) is 0 Å². The normalized spacial score (nSPS) is 30.0. The van der Waals surface area contributed by atoms with E-state index in [1.807, 2.05) is 0 Å². The van der Waals surface area contributed by atoms with E-state index in [0.717, 1.165) is 25.9 Å². The summed E-state index contributed by atoms with van der Waals surface area (Å²) in [5, 5.41) is 21.0. The molecule has 1 rings (SSSR count). The highest BCUT2D eigenvalue weighted by molar-refractivity contribution is 4.74. The second-order valence-corrected chi connectivity index (χ2v) is 2.86. The van der Waals surface area contributed by atoms with Crippen molar-refractivity contribution in [3.05, 3.63) is 0 Å². The lowest BCUT2D eigenvalue weighted by Gasteiger charge is -2.25. The molecule has 0 aromatic heterocycles. The Morgan fingerprint density at radius 1 is 1.60 bits per heavy atom. The quantitative estimate of drug-likeness (QED) is 0.483. The van der Waals surface area contributed by atoms with E-state index in [2.05, 4.69) is 5.32 Å². The zero-order valence-corrected chi connectivity index (χ0v) is 6.08. The monoisotopic (exact) mass is 145 g/mol. The number of hydrogen-bond acceptors (Lipinski definition) is 3. The van der Waals surface area contributed by atoms with Crippen molar-refractivity contribution < 1.29 is 10.2 Å². The Bertz CT molecular complexity index is 91.6. The summed E-state index contributed by atoms with van der Waals surface area (Å²) in [5.74, 6) is 0.263. The average Bonchev–Trinajstić information content (AvgIpc) is 2.05. The van der Waals surface area contributed by atoms with Crippen LogP contribution in [0.4, 0.5) is 0 Å². The molecular formula is C7H15NO2. The van der Waals surface area contributed by atoms with Crippen LogP contribution >= 0.6 is 0 Å². The van der Waals surface area contributed by atoms with Crippen molar-refractivity contribution in [1.29, 1.82) is 0 Å². The van der Waals surface area contributed by atoms with Gasteiger partial charge in [-0.25, -0.2) is 0 Å². The van der Waals surface area contributed by atoms with E-state index in [-0.39, 0.29) is 12.5 Å². The van der Waals surface area contributed by atoms with E-state index in [1.165, 1.54) is 0 Å². The molecule has 0 aromatic carbocycles. The molecule has 1 aliphatic rings. The number of aliphatic hydroxyl groups excluding tert-OH is 2. The smallest absolute Gasteiger partial charge is 0.0811 e. The largest absolute Gasteiger partial charge is 0.394 e. The van der Waals surface area contributed by atoms with Gasteiger partial charge in [-0.2, -0.15) is 0 Å². The minimum absolute atomic E-state index is 0.105. The molecule has 0 radical (unpaired) electrons. The van der Waals surface area contributed by atoms with E-state index in [9.17, 15) is 5.11 Å². The minimum Gasteiger partial charge on any atom is -0.394 e. The highest BCUT2D eigenvalue weighted by Crippen LogP contribution is 2.13. The standard InChI is InChI=1S/C7H15NO2/c9-5-7(10)6-2-1-3-8-4-6/h6-10H,1-5H2/t6-,7+/m0/s1. The van der Waals surface area contributed by atoms with Gasteiger partial charge in [0.15, 0.2) is 0 Å². The second kappa shape index (κ2) is 3.91. The first-order valence-electron chi connectivity index (χ1n) is 3.84. The lowest BCUT2D eigenvalue weighted by Crippen LogP contribution is -2.38. The molecule has 3 N–H and O–H groups in total. The summed E-state index contributed by atoms with van der Waals surface area (Å²) in [5.41, 5.74) is 0. The fourth-order valence-electron chi connectivity index (χ4n) is 1.36. The molecule has 1 saturated heterocycles. The van der Waals surface area contributed by atoms with Crippen LogP contribution in [-0.4, -0.2) is 36.0 Å². The Morgan fingerprint density at radius 2 is 2.40 bits per heavy atom. The van der Waals surface area contributed by atoms with Gasteiger partial charge in [0.25, 0.3) is 0 Å². The SMILES string of the molecule is OC[C@@H](O)[C@H]1CCCNC1.